The minimum atomic E-state index is -2.31. The van der Waals surface area contributed by atoms with Crippen molar-refractivity contribution >= 4 is 28.9 Å². The SMILES string of the molecule is CNc1cccc(/C=C/C2CCCCC2)c1C(N)=NS(=O)O. The number of rotatable bonds is 5. The first-order chi connectivity index (χ1) is 10.6. The first-order valence-electron chi connectivity index (χ1n) is 7.56. The van der Waals surface area contributed by atoms with Gasteiger partial charge in [-0.15, -0.1) is 4.40 Å². The molecule has 1 fully saturated rings. The fraction of sp³-hybridized carbons (Fsp3) is 0.438. The number of benzene rings is 1. The number of hydrogen-bond donors (Lipinski definition) is 3. The summed E-state index contributed by atoms with van der Waals surface area (Å²) < 4.78 is 23.4. The predicted octanol–water partition coefficient (Wildman–Crippen LogP) is 3.16. The first kappa shape index (κ1) is 16.7. The highest BCUT2D eigenvalue weighted by atomic mass is 32.2. The van der Waals surface area contributed by atoms with Gasteiger partial charge in [0.25, 0.3) is 11.3 Å². The van der Waals surface area contributed by atoms with E-state index >= 15 is 0 Å². The van der Waals surface area contributed by atoms with E-state index in [0.717, 1.165) is 11.3 Å². The highest BCUT2D eigenvalue weighted by Crippen LogP contribution is 2.27. The maximum atomic E-state index is 10.9. The van der Waals surface area contributed by atoms with E-state index in [4.69, 9.17) is 10.3 Å². The molecular formula is C16H23N3O2S. The van der Waals surface area contributed by atoms with Crippen molar-refractivity contribution in [2.24, 2.45) is 16.0 Å². The van der Waals surface area contributed by atoms with Gasteiger partial charge in [0.2, 0.25) is 0 Å². The maximum Gasteiger partial charge on any atom is 0.283 e. The third-order valence-corrected chi connectivity index (χ3v) is 4.35. The van der Waals surface area contributed by atoms with E-state index in [2.05, 4.69) is 21.9 Å². The molecule has 5 nitrogen and oxygen atoms in total. The van der Waals surface area contributed by atoms with Gasteiger partial charge in [-0.1, -0.05) is 43.5 Å². The van der Waals surface area contributed by atoms with E-state index in [-0.39, 0.29) is 5.84 Å². The molecule has 1 aromatic carbocycles. The maximum absolute atomic E-state index is 10.9. The van der Waals surface area contributed by atoms with Crippen LogP contribution in [0.25, 0.3) is 6.08 Å². The molecule has 1 aromatic rings. The number of nitrogens with one attached hydrogen (secondary N) is 1. The van der Waals surface area contributed by atoms with Gasteiger partial charge in [-0.25, -0.2) is 4.21 Å². The van der Waals surface area contributed by atoms with Crippen molar-refractivity contribution in [3.63, 3.8) is 0 Å². The van der Waals surface area contributed by atoms with Gasteiger partial charge in [0, 0.05) is 18.3 Å². The summed E-state index contributed by atoms with van der Waals surface area (Å²) in [7, 11) is 1.79. The molecule has 0 aromatic heterocycles. The van der Waals surface area contributed by atoms with Crippen molar-refractivity contribution in [3.05, 3.63) is 35.4 Å². The lowest BCUT2D eigenvalue weighted by Gasteiger charge is -2.18. The molecule has 120 valence electrons. The highest BCUT2D eigenvalue weighted by Gasteiger charge is 2.13. The second-order valence-corrected chi connectivity index (χ2v) is 6.13. The van der Waals surface area contributed by atoms with Gasteiger partial charge < -0.3 is 11.1 Å². The van der Waals surface area contributed by atoms with Crippen molar-refractivity contribution in [2.75, 3.05) is 12.4 Å². The molecule has 0 radical (unpaired) electrons. The molecule has 1 atom stereocenters. The predicted molar refractivity (Wildman–Crippen MR) is 93.1 cm³/mol. The van der Waals surface area contributed by atoms with Gasteiger partial charge in [0.05, 0.1) is 0 Å². The third kappa shape index (κ3) is 4.42. The molecule has 1 aliphatic rings. The quantitative estimate of drug-likeness (QED) is 0.441. The van der Waals surface area contributed by atoms with Crippen LogP contribution in [0.4, 0.5) is 5.69 Å². The summed E-state index contributed by atoms with van der Waals surface area (Å²) in [5.41, 5.74) is 8.27. The third-order valence-electron chi connectivity index (χ3n) is 4.00. The van der Waals surface area contributed by atoms with Crippen molar-refractivity contribution in [2.45, 2.75) is 32.1 Å². The Balaban J connectivity index is 2.33. The van der Waals surface area contributed by atoms with Gasteiger partial charge in [-0.2, -0.15) is 0 Å². The number of nitrogens with zero attached hydrogens (tertiary/aromatic N) is 1. The topological polar surface area (TPSA) is 87.7 Å². The molecule has 6 heteroatoms. The van der Waals surface area contributed by atoms with Crippen LogP contribution in [0.15, 0.2) is 28.7 Å². The minimum Gasteiger partial charge on any atom is -0.388 e. The minimum absolute atomic E-state index is 0.0640. The molecule has 2 rings (SSSR count). The van der Waals surface area contributed by atoms with Crippen LogP contribution >= 0.6 is 0 Å². The van der Waals surface area contributed by atoms with Crippen molar-refractivity contribution in [3.8, 4) is 0 Å². The Bertz CT molecular complexity index is 593. The summed E-state index contributed by atoms with van der Waals surface area (Å²) >= 11 is -2.31. The normalized spacial score (nSPS) is 18.5. The van der Waals surface area contributed by atoms with Crippen LogP contribution in [-0.4, -0.2) is 21.6 Å². The van der Waals surface area contributed by atoms with Gasteiger partial charge >= 0.3 is 0 Å². The Hall–Kier alpha value is -1.66. The number of allylic oxidation sites excluding steroid dienone is 1. The van der Waals surface area contributed by atoms with Crippen LogP contribution in [0.2, 0.25) is 0 Å². The van der Waals surface area contributed by atoms with E-state index in [1.54, 1.807) is 7.05 Å². The Labute approximate surface area is 134 Å². The first-order valence-corrected chi connectivity index (χ1v) is 8.62. The molecule has 0 spiro atoms. The molecule has 0 bridgehead atoms. The van der Waals surface area contributed by atoms with E-state index in [1.165, 1.54) is 32.1 Å². The molecule has 22 heavy (non-hydrogen) atoms. The smallest absolute Gasteiger partial charge is 0.283 e. The molecule has 0 saturated heterocycles. The number of anilines is 1. The molecule has 0 aliphatic heterocycles. The lowest BCUT2D eigenvalue weighted by molar-refractivity contribution is 0.420. The van der Waals surface area contributed by atoms with Gasteiger partial charge in [-0.05, 0) is 30.4 Å². The molecular weight excluding hydrogens is 298 g/mol. The summed E-state index contributed by atoms with van der Waals surface area (Å²) in [6, 6.07) is 5.74. The van der Waals surface area contributed by atoms with Gasteiger partial charge in [0.1, 0.15) is 5.84 Å². The fourth-order valence-electron chi connectivity index (χ4n) is 2.90. The monoisotopic (exact) mass is 321 g/mol. The molecule has 1 unspecified atom stereocenters. The summed E-state index contributed by atoms with van der Waals surface area (Å²) in [4.78, 5) is 0. The van der Waals surface area contributed by atoms with Crippen molar-refractivity contribution in [1.82, 2.24) is 0 Å². The van der Waals surface area contributed by atoms with E-state index in [1.807, 2.05) is 18.2 Å². The standard InChI is InChI=1S/C16H23N3O2S/c1-18-14-9-5-8-13(15(14)16(17)19-22(20)21)11-10-12-6-3-2-4-7-12/h5,8-12,18H,2-4,6-7H2,1H3,(H2,17,19)(H,20,21)/b11-10+. The number of nitrogens with two attached hydrogens (primary N) is 1. The summed E-state index contributed by atoms with van der Waals surface area (Å²) in [6.45, 7) is 0. The van der Waals surface area contributed by atoms with Crippen LogP contribution in [0.3, 0.4) is 0 Å². The lowest BCUT2D eigenvalue weighted by atomic mass is 9.88. The van der Waals surface area contributed by atoms with Crippen LogP contribution in [0, 0.1) is 5.92 Å². The Morgan fingerprint density at radius 1 is 1.41 bits per heavy atom. The van der Waals surface area contributed by atoms with Crippen molar-refractivity contribution < 1.29 is 8.76 Å². The molecule has 1 aliphatic carbocycles. The zero-order valence-corrected chi connectivity index (χ0v) is 13.6. The molecule has 4 N–H and O–H groups in total. The molecule has 0 heterocycles. The highest BCUT2D eigenvalue weighted by molar-refractivity contribution is 7.78. The largest absolute Gasteiger partial charge is 0.388 e. The zero-order chi connectivity index (χ0) is 15.9. The van der Waals surface area contributed by atoms with Gasteiger partial charge in [0.15, 0.2) is 0 Å². The second kappa shape index (κ2) is 8.10. The fourth-order valence-corrected chi connectivity index (χ4v) is 3.16. The molecule has 1 saturated carbocycles. The zero-order valence-electron chi connectivity index (χ0n) is 12.8. The van der Waals surface area contributed by atoms with Crippen LogP contribution in [0.1, 0.15) is 43.2 Å². The van der Waals surface area contributed by atoms with E-state index in [0.29, 0.717) is 11.5 Å². The van der Waals surface area contributed by atoms with Crippen molar-refractivity contribution in [1.29, 1.82) is 0 Å². The summed E-state index contributed by atoms with van der Waals surface area (Å²) in [6.07, 6.45) is 10.6. The Morgan fingerprint density at radius 2 is 2.14 bits per heavy atom. The summed E-state index contributed by atoms with van der Waals surface area (Å²) in [5, 5.41) is 3.05. The number of amidine groups is 1. The van der Waals surface area contributed by atoms with E-state index < -0.39 is 11.3 Å². The van der Waals surface area contributed by atoms with Crippen LogP contribution in [-0.2, 0) is 11.3 Å². The van der Waals surface area contributed by atoms with Gasteiger partial charge in [-0.3, -0.25) is 4.55 Å². The van der Waals surface area contributed by atoms with E-state index in [9.17, 15) is 4.21 Å². The summed E-state index contributed by atoms with van der Waals surface area (Å²) in [5.74, 6) is 0.666. The second-order valence-electron chi connectivity index (χ2n) is 5.48. The number of hydrogen-bond acceptors (Lipinski definition) is 2. The average molecular weight is 321 g/mol. The molecule has 0 amide bonds. The van der Waals surface area contributed by atoms with Crippen LogP contribution in [0.5, 0.6) is 0 Å². The average Bonchev–Trinajstić information content (AvgIpc) is 2.52. The Kier molecular flexibility index (Phi) is 6.15. The lowest BCUT2D eigenvalue weighted by Crippen LogP contribution is -2.18. The van der Waals surface area contributed by atoms with Crippen LogP contribution < -0.4 is 11.1 Å². The Morgan fingerprint density at radius 3 is 2.77 bits per heavy atom.